The fraction of sp³-hybridized carbons (Fsp3) is 0.481. The highest BCUT2D eigenvalue weighted by Gasteiger charge is 2.50. The van der Waals surface area contributed by atoms with E-state index in [4.69, 9.17) is 9.47 Å². The maximum atomic E-state index is 14.2. The summed E-state index contributed by atoms with van der Waals surface area (Å²) >= 11 is 0. The zero-order chi connectivity index (χ0) is 48.2. The summed E-state index contributed by atoms with van der Waals surface area (Å²) in [5, 5.41) is 36.3. The Balaban J connectivity index is 0.860. The summed E-state index contributed by atoms with van der Waals surface area (Å²) in [5.74, 6) is 0.0536. The van der Waals surface area contributed by atoms with Crippen LogP contribution in [-0.2, 0) is 10.0 Å². The Labute approximate surface area is 402 Å². The number of nitro groups is 1. The molecular formula is C52H60N8O8S. The number of aromatic nitrogens is 2. The van der Waals surface area contributed by atoms with Gasteiger partial charge in [0.1, 0.15) is 29.8 Å². The lowest BCUT2D eigenvalue weighted by atomic mass is 9.59. The largest absolute Gasteiger partial charge is 0.489 e. The molecule has 5 aromatic rings. The van der Waals surface area contributed by atoms with E-state index in [-0.39, 0.29) is 46.6 Å². The topological polar surface area (TPSA) is 216 Å². The van der Waals surface area contributed by atoms with Crippen molar-refractivity contribution in [1.29, 1.82) is 5.26 Å². The van der Waals surface area contributed by atoms with Gasteiger partial charge in [0.15, 0.2) is 11.4 Å². The average molecular weight is 957 g/mol. The maximum absolute atomic E-state index is 14.2. The summed E-state index contributed by atoms with van der Waals surface area (Å²) in [6, 6.07) is 20.6. The molecule has 5 heterocycles. The molecule has 2 saturated heterocycles. The third kappa shape index (κ3) is 9.34. The molecule has 10 rings (SSSR count). The van der Waals surface area contributed by atoms with Crippen LogP contribution < -0.4 is 24.4 Å². The predicted molar refractivity (Wildman–Crippen MR) is 261 cm³/mol. The number of likely N-dealkylation sites (tertiary alicyclic amines) is 1. The second-order valence-corrected chi connectivity index (χ2v) is 22.4. The molecular weight excluding hydrogens is 897 g/mol. The van der Waals surface area contributed by atoms with Crippen molar-refractivity contribution in [2.45, 2.75) is 126 Å². The molecule has 16 nitrogen and oxygen atoms in total. The Morgan fingerprint density at radius 3 is 2.58 bits per heavy atom. The van der Waals surface area contributed by atoms with Crippen molar-refractivity contribution in [2.24, 2.45) is 11.3 Å². The zero-order valence-electron chi connectivity index (χ0n) is 39.4. The summed E-state index contributed by atoms with van der Waals surface area (Å²) in [6.07, 6.45) is 13.4. The minimum absolute atomic E-state index is 0.00833. The van der Waals surface area contributed by atoms with Gasteiger partial charge in [-0.05, 0) is 131 Å². The number of aromatic amines is 1. The highest BCUT2D eigenvalue weighted by molar-refractivity contribution is 7.90. The molecule has 4 fully saturated rings. The molecule has 0 radical (unpaired) electrons. The van der Waals surface area contributed by atoms with Crippen molar-refractivity contribution >= 4 is 44.0 Å². The number of carbonyl (C=O) groups excluding carboxylic acids is 1. The smallest absolute Gasteiger partial charge is 0.297 e. The van der Waals surface area contributed by atoms with E-state index in [0.717, 1.165) is 57.1 Å². The third-order valence-electron chi connectivity index (χ3n) is 15.7. The summed E-state index contributed by atoms with van der Waals surface area (Å²) < 4.78 is 42.5. The van der Waals surface area contributed by atoms with Crippen molar-refractivity contribution in [3.8, 4) is 23.3 Å². The summed E-state index contributed by atoms with van der Waals surface area (Å²) in [5.41, 5.74) is 3.63. The van der Waals surface area contributed by atoms with E-state index in [0.29, 0.717) is 59.8 Å². The number of rotatable bonds is 12. The number of anilines is 2. The number of sulfonamides is 1. The number of hydrogen-bond acceptors (Lipinski definition) is 13. The molecule has 2 aromatic heterocycles. The van der Waals surface area contributed by atoms with Crippen LogP contribution in [0.4, 0.5) is 17.1 Å². The fourth-order valence-electron chi connectivity index (χ4n) is 11.8. The lowest BCUT2D eigenvalue weighted by Crippen LogP contribution is -2.54. The highest BCUT2D eigenvalue weighted by atomic mass is 32.2. The first kappa shape index (κ1) is 46.5. The summed E-state index contributed by atoms with van der Waals surface area (Å²) in [6.45, 7) is 9.28. The van der Waals surface area contributed by atoms with E-state index < -0.39 is 37.0 Å². The van der Waals surface area contributed by atoms with E-state index in [2.05, 4.69) is 74.0 Å². The minimum Gasteiger partial charge on any atom is -0.489 e. The van der Waals surface area contributed by atoms with Gasteiger partial charge in [0.2, 0.25) is 0 Å². The molecule has 2 aliphatic carbocycles. The Bertz CT molecular complexity index is 2940. The number of carbonyl (C=O) groups is 1. The SMILES string of the molecule is CC(C)c1ccccc1[C@@H]1CCCN1C1CC2(CCN(c3ccc(C(=O)NS(=O)(=O)c4cc5c(c([N+](=O)[O-])c4)N[C@@H](CC4CCC(C)(O)CC4)CO5)c(Oc4cnc5[nH]cc(C#N)c5c4)c3)CC2)C1. The number of ether oxygens (including phenoxy) is 2. The van der Waals surface area contributed by atoms with Gasteiger partial charge in [-0.15, -0.1) is 0 Å². The maximum Gasteiger partial charge on any atom is 0.297 e. The van der Waals surface area contributed by atoms with Crippen molar-refractivity contribution in [2.75, 3.05) is 36.5 Å². The lowest BCUT2D eigenvalue weighted by molar-refractivity contribution is -0.384. The number of piperidine rings is 1. The summed E-state index contributed by atoms with van der Waals surface area (Å²) in [4.78, 5) is 37.8. The van der Waals surface area contributed by atoms with Gasteiger partial charge < -0.3 is 29.8 Å². The van der Waals surface area contributed by atoms with Gasteiger partial charge >= 0.3 is 0 Å². The van der Waals surface area contributed by atoms with E-state index >= 15 is 0 Å². The standard InChI is InChI=1S/C52H60N8O8S/c1-32(2)40-7-4-5-8-41(40)44-9-6-18-59(44)37-26-52(27-37)16-19-58(20-17-52)36-10-11-42(46(22-36)68-38-23-43-34(28-53)29-54-49(43)55-30-38)50(61)57-69(65,66)39-24-45(60(63)64)48-47(25-39)67-31-35(56-48)21-33-12-14-51(3,62)15-13-33/h4-5,7-8,10-11,22-25,29-30,32-33,35,37,44,56,62H,6,9,12-21,26-27,31H2,1-3H3,(H,54,55)(H,57,61)/t33?,35-,44-,51?/m0/s1. The van der Waals surface area contributed by atoms with Crippen LogP contribution in [0.25, 0.3) is 11.0 Å². The number of amides is 1. The second-order valence-electron chi connectivity index (χ2n) is 20.7. The second kappa shape index (κ2) is 18.3. The molecule has 0 bridgehead atoms. The number of nitro benzene ring substituents is 1. The van der Waals surface area contributed by atoms with Gasteiger partial charge in [0.25, 0.3) is 21.6 Å². The Hall–Kier alpha value is -6.22. The van der Waals surface area contributed by atoms with Gasteiger partial charge in [-0.3, -0.25) is 19.8 Å². The molecule has 3 aromatic carbocycles. The first-order chi connectivity index (χ1) is 33.1. The molecule has 69 heavy (non-hydrogen) atoms. The first-order valence-corrected chi connectivity index (χ1v) is 25.9. The quantitative estimate of drug-likeness (QED) is 0.0678. The number of fused-ring (bicyclic) bond motifs is 2. The molecule has 3 aliphatic heterocycles. The molecule has 4 N–H and O–H groups in total. The Morgan fingerprint density at radius 2 is 1.84 bits per heavy atom. The molecule has 2 saturated carbocycles. The first-order valence-electron chi connectivity index (χ1n) is 24.4. The monoisotopic (exact) mass is 956 g/mol. The van der Waals surface area contributed by atoms with Crippen LogP contribution >= 0.6 is 0 Å². The van der Waals surface area contributed by atoms with Gasteiger partial charge in [-0.25, -0.2) is 18.1 Å². The number of pyridine rings is 1. The van der Waals surface area contributed by atoms with Gasteiger partial charge in [-0.1, -0.05) is 38.1 Å². The predicted octanol–water partition coefficient (Wildman–Crippen LogP) is 9.47. The fourth-order valence-corrected chi connectivity index (χ4v) is 12.8. The van der Waals surface area contributed by atoms with E-state index in [1.54, 1.807) is 24.4 Å². The number of nitrogens with zero attached hydrogens (tertiary/aromatic N) is 5. The normalized spacial score (nSPS) is 23.7. The van der Waals surface area contributed by atoms with E-state index in [1.165, 1.54) is 55.1 Å². The number of hydrogen-bond donors (Lipinski definition) is 4. The molecule has 5 aliphatic rings. The van der Waals surface area contributed by atoms with Crippen LogP contribution in [0.3, 0.4) is 0 Å². The number of nitrogens with one attached hydrogen (secondary N) is 3. The van der Waals surface area contributed by atoms with Crippen molar-refractivity contribution in [3.05, 3.63) is 105 Å². The number of H-pyrrole nitrogens is 1. The van der Waals surface area contributed by atoms with E-state index in [9.17, 15) is 33.7 Å². The molecule has 1 spiro atoms. The zero-order valence-corrected chi connectivity index (χ0v) is 40.2. The average Bonchev–Trinajstić information content (AvgIpc) is 3.98. The Morgan fingerprint density at radius 1 is 1.07 bits per heavy atom. The third-order valence-corrected chi connectivity index (χ3v) is 17.0. The number of benzene rings is 3. The van der Waals surface area contributed by atoms with Crippen molar-refractivity contribution in [1.82, 2.24) is 19.6 Å². The van der Waals surface area contributed by atoms with Crippen LogP contribution in [0.15, 0.2) is 78.0 Å². The van der Waals surface area contributed by atoms with Gasteiger partial charge in [-0.2, -0.15) is 5.26 Å². The minimum atomic E-state index is -4.70. The molecule has 2 atom stereocenters. The number of nitriles is 1. The lowest BCUT2D eigenvalue weighted by Gasteiger charge is -2.56. The van der Waals surface area contributed by atoms with Crippen molar-refractivity contribution in [3.63, 3.8) is 0 Å². The van der Waals surface area contributed by atoms with Crippen LogP contribution in [-0.4, -0.2) is 83.1 Å². The Kier molecular flexibility index (Phi) is 12.3. The van der Waals surface area contributed by atoms with Crippen molar-refractivity contribution < 1.29 is 32.7 Å². The molecule has 17 heteroatoms. The van der Waals surface area contributed by atoms with Crippen LogP contribution in [0.2, 0.25) is 0 Å². The molecule has 362 valence electrons. The number of aliphatic hydroxyl groups is 1. The highest BCUT2D eigenvalue weighted by Crippen LogP contribution is 2.54. The van der Waals surface area contributed by atoms with Crippen LogP contribution in [0, 0.1) is 32.8 Å². The van der Waals surface area contributed by atoms with E-state index in [1.807, 2.05) is 6.92 Å². The molecule has 0 unspecified atom stereocenters. The van der Waals surface area contributed by atoms with Crippen LogP contribution in [0.5, 0.6) is 17.2 Å². The van der Waals surface area contributed by atoms with Gasteiger partial charge in [0.05, 0.1) is 38.8 Å². The van der Waals surface area contributed by atoms with Gasteiger partial charge in [0, 0.05) is 60.6 Å². The molecule has 1 amide bonds. The van der Waals surface area contributed by atoms with Crippen LogP contribution in [0.1, 0.15) is 130 Å². The summed E-state index contributed by atoms with van der Waals surface area (Å²) in [7, 11) is -4.70.